The lowest BCUT2D eigenvalue weighted by atomic mass is 10.1. The van der Waals surface area contributed by atoms with Crippen molar-refractivity contribution >= 4 is 5.71 Å². The zero-order chi connectivity index (χ0) is 24.6. The van der Waals surface area contributed by atoms with Crippen LogP contribution in [0.2, 0.25) is 0 Å². The molecule has 0 unspecified atom stereocenters. The van der Waals surface area contributed by atoms with E-state index >= 15 is 0 Å². The molecule has 0 amide bonds. The van der Waals surface area contributed by atoms with E-state index in [1.165, 1.54) is 0 Å². The maximum atomic E-state index is 9.43. The van der Waals surface area contributed by atoms with Crippen LogP contribution in [0.4, 0.5) is 0 Å². The van der Waals surface area contributed by atoms with E-state index in [-0.39, 0.29) is 5.75 Å². The van der Waals surface area contributed by atoms with Crippen LogP contribution in [0.3, 0.4) is 0 Å². The van der Waals surface area contributed by atoms with Crippen molar-refractivity contribution in [1.29, 1.82) is 5.41 Å². The third-order valence-corrected chi connectivity index (χ3v) is 5.59. The van der Waals surface area contributed by atoms with Crippen molar-refractivity contribution < 1.29 is 19.3 Å². The highest BCUT2D eigenvalue weighted by Crippen LogP contribution is 2.29. The molecule has 0 aliphatic rings. The minimum Gasteiger partial charge on any atom is -0.508 e. The van der Waals surface area contributed by atoms with Crippen molar-refractivity contribution in [3.8, 4) is 23.0 Å². The van der Waals surface area contributed by atoms with Crippen LogP contribution in [0.25, 0.3) is 0 Å². The molecule has 4 aromatic rings. The van der Waals surface area contributed by atoms with Crippen LogP contribution in [0, 0.1) is 12.3 Å². The van der Waals surface area contributed by atoms with E-state index < -0.39 is 0 Å². The van der Waals surface area contributed by atoms with E-state index in [0.29, 0.717) is 37.0 Å². The van der Waals surface area contributed by atoms with Gasteiger partial charge in [0.2, 0.25) is 0 Å². The van der Waals surface area contributed by atoms with Gasteiger partial charge in [-0.25, -0.2) is 0 Å². The van der Waals surface area contributed by atoms with Gasteiger partial charge < -0.3 is 24.7 Å². The van der Waals surface area contributed by atoms with Gasteiger partial charge in [-0.3, -0.25) is 0 Å². The Morgan fingerprint density at radius 1 is 0.657 bits per heavy atom. The summed E-state index contributed by atoms with van der Waals surface area (Å²) in [5, 5.41) is 17.1. The number of benzene rings is 4. The summed E-state index contributed by atoms with van der Waals surface area (Å²) >= 11 is 0. The monoisotopic (exact) mass is 467 g/mol. The van der Waals surface area contributed by atoms with Gasteiger partial charge >= 0.3 is 0 Å². The van der Waals surface area contributed by atoms with Gasteiger partial charge in [0, 0.05) is 5.71 Å². The highest BCUT2D eigenvalue weighted by molar-refractivity contribution is 5.96. The third kappa shape index (κ3) is 6.64. The van der Waals surface area contributed by atoms with Gasteiger partial charge in [0.05, 0.1) is 0 Å². The Bertz CT molecular complexity index is 1280. The maximum absolute atomic E-state index is 9.43. The van der Waals surface area contributed by atoms with Crippen LogP contribution >= 0.6 is 0 Å². The zero-order valence-electron chi connectivity index (χ0n) is 20.0. The third-order valence-electron chi connectivity index (χ3n) is 5.59. The minimum atomic E-state index is 0.233. The summed E-state index contributed by atoms with van der Waals surface area (Å²) in [4.78, 5) is 0. The number of aromatic hydroxyl groups is 1. The molecule has 4 aromatic carbocycles. The summed E-state index contributed by atoms with van der Waals surface area (Å²) in [5.41, 5.74) is 5.57. The quantitative estimate of drug-likeness (QED) is 0.251. The first kappa shape index (κ1) is 23.9. The summed E-state index contributed by atoms with van der Waals surface area (Å²) in [5.74, 6) is 2.41. The zero-order valence-corrected chi connectivity index (χ0v) is 20.0. The fourth-order valence-electron chi connectivity index (χ4n) is 3.58. The van der Waals surface area contributed by atoms with Crippen molar-refractivity contribution in [3.63, 3.8) is 0 Å². The van der Waals surface area contributed by atoms with Crippen LogP contribution in [0.5, 0.6) is 23.0 Å². The summed E-state index contributed by atoms with van der Waals surface area (Å²) < 4.78 is 18.0. The number of aryl methyl sites for hydroxylation is 1. The molecule has 0 radical (unpaired) electrons. The lowest BCUT2D eigenvalue weighted by Crippen LogP contribution is -2.02. The Kier molecular flexibility index (Phi) is 7.68. The molecule has 0 fully saturated rings. The molecule has 0 spiro atoms. The molecule has 0 bridgehead atoms. The molecule has 0 aliphatic carbocycles. The lowest BCUT2D eigenvalue weighted by Gasteiger charge is -2.14. The molecular weight excluding hydrogens is 438 g/mol. The van der Waals surface area contributed by atoms with Gasteiger partial charge in [-0.1, -0.05) is 54.6 Å². The second-order valence-corrected chi connectivity index (χ2v) is 8.40. The van der Waals surface area contributed by atoms with E-state index in [1.807, 2.05) is 79.7 Å². The number of ether oxygens (including phenoxy) is 3. The molecule has 0 heterocycles. The summed E-state index contributed by atoms with van der Waals surface area (Å²) in [6, 6.07) is 28.5. The normalized spacial score (nSPS) is 10.6. The second-order valence-electron chi connectivity index (χ2n) is 8.40. The van der Waals surface area contributed by atoms with Gasteiger partial charge in [0.1, 0.15) is 31.3 Å². The Morgan fingerprint density at radius 3 is 1.69 bits per heavy atom. The van der Waals surface area contributed by atoms with Crippen LogP contribution in [-0.2, 0) is 19.8 Å². The predicted molar refractivity (Wildman–Crippen MR) is 138 cm³/mol. The lowest BCUT2D eigenvalue weighted by molar-refractivity contribution is 0.255. The largest absolute Gasteiger partial charge is 0.508 e. The number of phenols is 1. The van der Waals surface area contributed by atoms with Crippen molar-refractivity contribution in [2.75, 3.05) is 0 Å². The Labute approximate surface area is 206 Å². The van der Waals surface area contributed by atoms with Crippen molar-refractivity contribution in [1.82, 2.24) is 0 Å². The van der Waals surface area contributed by atoms with E-state index in [0.717, 1.165) is 33.6 Å². The minimum absolute atomic E-state index is 0.233. The van der Waals surface area contributed by atoms with Crippen LogP contribution in [0.15, 0.2) is 91.0 Å². The highest BCUT2D eigenvalue weighted by Gasteiger charge is 2.08. The second kappa shape index (κ2) is 11.3. The predicted octanol–water partition coefficient (Wildman–Crippen LogP) is 6.83. The molecular formula is C30H29NO4. The van der Waals surface area contributed by atoms with Crippen molar-refractivity contribution in [3.05, 3.63) is 119 Å². The van der Waals surface area contributed by atoms with E-state index in [4.69, 9.17) is 19.6 Å². The Hall–Kier alpha value is -4.25. The van der Waals surface area contributed by atoms with E-state index in [2.05, 4.69) is 6.07 Å². The summed E-state index contributed by atoms with van der Waals surface area (Å²) in [7, 11) is 0. The van der Waals surface area contributed by atoms with Crippen molar-refractivity contribution in [2.24, 2.45) is 0 Å². The molecule has 0 saturated carbocycles. The van der Waals surface area contributed by atoms with Gasteiger partial charge in [0.25, 0.3) is 0 Å². The van der Waals surface area contributed by atoms with Crippen LogP contribution < -0.4 is 14.2 Å². The summed E-state index contributed by atoms with van der Waals surface area (Å²) in [6.45, 7) is 5.07. The molecule has 0 atom stereocenters. The van der Waals surface area contributed by atoms with Gasteiger partial charge in [0.15, 0.2) is 11.5 Å². The molecule has 0 saturated heterocycles. The average molecular weight is 468 g/mol. The molecule has 5 heteroatoms. The molecule has 35 heavy (non-hydrogen) atoms. The first-order valence-corrected chi connectivity index (χ1v) is 11.5. The topological polar surface area (TPSA) is 71.8 Å². The smallest absolute Gasteiger partial charge is 0.161 e. The molecule has 5 nitrogen and oxygen atoms in total. The number of hydrogen-bond acceptors (Lipinski definition) is 5. The number of para-hydroxylation sites is 2. The van der Waals surface area contributed by atoms with Gasteiger partial charge in [-0.2, -0.15) is 0 Å². The first-order chi connectivity index (χ1) is 17.0. The number of rotatable bonds is 10. The molecule has 4 rings (SSSR count). The maximum Gasteiger partial charge on any atom is 0.161 e. The molecule has 178 valence electrons. The SMILES string of the molecule is CC(=N)c1ccc(COc2ccc(COc3ccccc3OCc3ccc(O)cc3)cc2C)cc1. The number of phenolic OH excluding ortho intramolecular Hbond substituents is 1. The average Bonchev–Trinajstić information content (AvgIpc) is 2.87. The van der Waals surface area contributed by atoms with E-state index in [1.54, 1.807) is 19.1 Å². The van der Waals surface area contributed by atoms with E-state index in [9.17, 15) is 5.11 Å². The fraction of sp³-hybridized carbons (Fsp3) is 0.167. The fourth-order valence-corrected chi connectivity index (χ4v) is 3.58. The Balaban J connectivity index is 1.33. The molecule has 0 aromatic heterocycles. The van der Waals surface area contributed by atoms with Crippen molar-refractivity contribution in [2.45, 2.75) is 33.7 Å². The first-order valence-electron chi connectivity index (χ1n) is 11.5. The summed E-state index contributed by atoms with van der Waals surface area (Å²) in [6.07, 6.45) is 0. The number of hydrogen-bond donors (Lipinski definition) is 2. The van der Waals surface area contributed by atoms with Crippen LogP contribution in [-0.4, -0.2) is 10.8 Å². The highest BCUT2D eigenvalue weighted by atomic mass is 16.5. The van der Waals surface area contributed by atoms with Gasteiger partial charge in [-0.05, 0) is 78.1 Å². The standard InChI is InChI=1S/C30H29NO4/c1-21-17-25(11-16-28(21)33-18-23-7-12-26(13-8-23)22(2)31)20-35-30-6-4-3-5-29(30)34-19-24-9-14-27(32)15-10-24/h3-17,31-32H,18-20H2,1-2H3. The molecule has 0 aliphatic heterocycles. The molecule has 2 N–H and O–H groups in total. The van der Waals surface area contributed by atoms with Gasteiger partial charge in [-0.15, -0.1) is 0 Å². The van der Waals surface area contributed by atoms with Crippen LogP contribution in [0.1, 0.15) is 34.7 Å². The number of nitrogens with one attached hydrogen (secondary N) is 1. The Morgan fingerprint density at radius 2 is 1.14 bits per heavy atom.